The highest BCUT2D eigenvalue weighted by molar-refractivity contribution is 7.18. The summed E-state index contributed by atoms with van der Waals surface area (Å²) < 4.78 is 0. The van der Waals surface area contributed by atoms with Crippen molar-refractivity contribution in [3.05, 3.63) is 68.7 Å². The van der Waals surface area contributed by atoms with Gasteiger partial charge in [-0.25, -0.2) is 0 Å². The van der Waals surface area contributed by atoms with E-state index in [4.69, 9.17) is 0 Å². The summed E-state index contributed by atoms with van der Waals surface area (Å²) in [6.45, 7) is 2.09. The Labute approximate surface area is 156 Å². The first-order valence-corrected chi connectivity index (χ1v) is 10.4. The van der Waals surface area contributed by atoms with Crippen molar-refractivity contribution in [3.63, 3.8) is 0 Å². The first-order valence-electron chi connectivity index (χ1n) is 8.75. The molecule has 0 saturated heterocycles. The molecule has 1 aromatic carbocycles. The maximum Gasteiger partial charge on any atom is 0.261 e. The highest BCUT2D eigenvalue weighted by Gasteiger charge is 2.22. The fourth-order valence-corrected chi connectivity index (χ4v) is 5.45. The van der Waals surface area contributed by atoms with E-state index >= 15 is 0 Å². The largest absolute Gasteiger partial charge is 0.349 e. The lowest BCUT2D eigenvalue weighted by molar-refractivity contribution is 0.0942. The third-order valence-electron chi connectivity index (χ3n) is 4.73. The number of carbonyl (C=O) groups is 1. The Morgan fingerprint density at radius 1 is 1.20 bits per heavy atom. The lowest BCUT2D eigenvalue weighted by atomic mass is 9.98. The fourth-order valence-electron chi connectivity index (χ4n) is 3.33. The number of hydrogen-bond acceptors (Lipinski definition) is 3. The van der Waals surface area contributed by atoms with E-state index < -0.39 is 0 Å². The van der Waals surface area contributed by atoms with E-state index in [0.717, 1.165) is 30.6 Å². The van der Waals surface area contributed by atoms with Gasteiger partial charge in [-0.2, -0.15) is 0 Å². The molecule has 1 unspecified atom stereocenters. The van der Waals surface area contributed by atoms with E-state index in [2.05, 4.69) is 54.0 Å². The number of aryl methyl sites for hydroxylation is 3. The van der Waals surface area contributed by atoms with Crippen LogP contribution >= 0.6 is 22.7 Å². The molecular formula is C21H21NOS2. The van der Waals surface area contributed by atoms with Gasteiger partial charge in [0, 0.05) is 21.4 Å². The van der Waals surface area contributed by atoms with Crippen LogP contribution in [0, 0.1) is 0 Å². The number of amides is 1. The van der Waals surface area contributed by atoms with E-state index in [0.29, 0.717) is 0 Å². The van der Waals surface area contributed by atoms with Gasteiger partial charge < -0.3 is 5.32 Å². The molecular weight excluding hydrogens is 346 g/mol. The number of fused-ring (bicyclic) bond motifs is 3. The van der Waals surface area contributed by atoms with Crippen molar-refractivity contribution in [2.75, 3.05) is 0 Å². The summed E-state index contributed by atoms with van der Waals surface area (Å²) >= 11 is 3.47. The number of rotatable bonds is 5. The topological polar surface area (TPSA) is 29.1 Å². The fraction of sp³-hybridized carbons (Fsp3) is 0.286. The molecule has 0 aliphatic heterocycles. The van der Waals surface area contributed by atoms with Crippen LogP contribution in [0.1, 0.15) is 39.0 Å². The second-order valence-electron chi connectivity index (χ2n) is 6.62. The molecule has 2 aromatic heterocycles. The zero-order chi connectivity index (χ0) is 17.2. The summed E-state index contributed by atoms with van der Waals surface area (Å²) in [5.74, 6) is 0.0664. The summed E-state index contributed by atoms with van der Waals surface area (Å²) in [6, 6.07) is 14.9. The van der Waals surface area contributed by atoms with Crippen molar-refractivity contribution >= 4 is 28.6 Å². The van der Waals surface area contributed by atoms with Crippen molar-refractivity contribution in [3.8, 4) is 10.4 Å². The maximum absolute atomic E-state index is 12.6. The number of nitrogens with one attached hydrogen (secondary N) is 1. The number of thiophene rings is 2. The Morgan fingerprint density at radius 2 is 2.04 bits per heavy atom. The minimum absolute atomic E-state index is 0.0664. The zero-order valence-corrected chi connectivity index (χ0v) is 15.9. The van der Waals surface area contributed by atoms with Crippen molar-refractivity contribution in [1.29, 1.82) is 0 Å². The molecule has 0 saturated carbocycles. The Bertz CT molecular complexity index is 878. The zero-order valence-electron chi connectivity index (χ0n) is 14.2. The summed E-state index contributed by atoms with van der Waals surface area (Å²) in [7, 11) is 0. The number of carbonyl (C=O) groups excluding carboxylic acids is 1. The molecule has 1 aliphatic carbocycles. The predicted molar refractivity (Wildman–Crippen MR) is 107 cm³/mol. The third-order valence-corrected chi connectivity index (χ3v) is 6.92. The van der Waals surface area contributed by atoms with Gasteiger partial charge in [-0.05, 0) is 61.2 Å². The van der Waals surface area contributed by atoms with Gasteiger partial charge in [-0.15, -0.1) is 22.7 Å². The number of hydrogen-bond donors (Lipinski definition) is 1. The number of benzene rings is 1. The van der Waals surface area contributed by atoms with E-state index in [-0.39, 0.29) is 11.9 Å². The van der Waals surface area contributed by atoms with Gasteiger partial charge in [0.2, 0.25) is 0 Å². The molecule has 1 atom stereocenters. The van der Waals surface area contributed by atoms with Gasteiger partial charge in [0.25, 0.3) is 5.91 Å². The molecule has 2 nitrogen and oxygen atoms in total. The molecule has 4 rings (SSSR count). The second kappa shape index (κ2) is 7.14. The molecule has 2 heterocycles. The minimum atomic E-state index is 0.0664. The second-order valence-corrected chi connectivity index (χ2v) is 8.67. The lowest BCUT2D eigenvalue weighted by Gasteiger charge is -2.13. The van der Waals surface area contributed by atoms with Gasteiger partial charge in [0.05, 0.1) is 4.88 Å². The molecule has 128 valence electrons. The smallest absolute Gasteiger partial charge is 0.261 e. The van der Waals surface area contributed by atoms with E-state index in [9.17, 15) is 4.79 Å². The summed E-state index contributed by atoms with van der Waals surface area (Å²) in [6.07, 6.45) is 4.10. The Kier molecular flexibility index (Phi) is 4.73. The first-order chi connectivity index (χ1) is 12.2. The quantitative estimate of drug-likeness (QED) is 0.649. The molecule has 1 amide bonds. The Balaban J connectivity index is 1.40. The van der Waals surface area contributed by atoms with Crippen molar-refractivity contribution in [2.45, 2.75) is 38.6 Å². The van der Waals surface area contributed by atoms with Gasteiger partial charge >= 0.3 is 0 Å². The van der Waals surface area contributed by atoms with Gasteiger partial charge in [-0.3, -0.25) is 4.79 Å². The van der Waals surface area contributed by atoms with Crippen LogP contribution in [-0.2, 0) is 19.3 Å². The average molecular weight is 368 g/mol. The Hall–Kier alpha value is -1.91. The average Bonchev–Trinajstić information content (AvgIpc) is 3.26. The van der Waals surface area contributed by atoms with Crippen LogP contribution < -0.4 is 5.32 Å². The SMILES string of the molecule is CC(CCc1ccccc1)NC(=O)c1cc2c(s1)-c1ccsc1CC2. The molecule has 0 spiro atoms. The standard InChI is InChI=1S/C21H21NOS2/c1-14(7-8-15-5-3-2-4-6-15)22-21(23)19-13-16-9-10-18-17(11-12-24-18)20(16)25-19/h2-6,11-14H,7-10H2,1H3,(H,22,23). The van der Waals surface area contributed by atoms with Crippen LogP contribution in [-0.4, -0.2) is 11.9 Å². The first kappa shape index (κ1) is 16.6. The molecule has 1 N–H and O–H groups in total. The van der Waals surface area contributed by atoms with Gasteiger partial charge in [0.15, 0.2) is 0 Å². The molecule has 25 heavy (non-hydrogen) atoms. The van der Waals surface area contributed by atoms with Crippen LogP contribution in [0.5, 0.6) is 0 Å². The van der Waals surface area contributed by atoms with E-state index in [1.807, 2.05) is 17.4 Å². The molecule has 0 bridgehead atoms. The van der Waals surface area contributed by atoms with Gasteiger partial charge in [0.1, 0.15) is 0 Å². The molecule has 1 aliphatic rings. The highest BCUT2D eigenvalue weighted by Crippen LogP contribution is 2.41. The lowest BCUT2D eigenvalue weighted by Crippen LogP contribution is -2.32. The molecule has 3 aromatic rings. The third kappa shape index (κ3) is 3.55. The summed E-state index contributed by atoms with van der Waals surface area (Å²) in [5, 5.41) is 5.33. The van der Waals surface area contributed by atoms with Crippen molar-refractivity contribution < 1.29 is 4.79 Å². The van der Waals surface area contributed by atoms with E-state index in [1.54, 1.807) is 11.3 Å². The van der Waals surface area contributed by atoms with Crippen LogP contribution in [0.15, 0.2) is 47.8 Å². The maximum atomic E-state index is 12.6. The summed E-state index contributed by atoms with van der Waals surface area (Å²) in [5.41, 5.74) is 3.99. The van der Waals surface area contributed by atoms with Crippen molar-refractivity contribution in [2.24, 2.45) is 0 Å². The van der Waals surface area contributed by atoms with Crippen LogP contribution in [0.3, 0.4) is 0 Å². The van der Waals surface area contributed by atoms with Crippen molar-refractivity contribution in [1.82, 2.24) is 5.32 Å². The predicted octanol–water partition coefficient (Wildman–Crippen LogP) is 5.33. The van der Waals surface area contributed by atoms with E-state index in [1.165, 1.54) is 26.4 Å². The normalized spacial score (nSPS) is 13.8. The summed E-state index contributed by atoms with van der Waals surface area (Å²) in [4.78, 5) is 16.2. The van der Waals surface area contributed by atoms with Gasteiger partial charge in [-0.1, -0.05) is 30.3 Å². The van der Waals surface area contributed by atoms with Crippen LogP contribution in [0.4, 0.5) is 0 Å². The molecule has 0 radical (unpaired) electrons. The Morgan fingerprint density at radius 3 is 2.88 bits per heavy atom. The minimum Gasteiger partial charge on any atom is -0.349 e. The molecule has 4 heteroatoms. The highest BCUT2D eigenvalue weighted by atomic mass is 32.1. The molecule has 0 fully saturated rings. The van der Waals surface area contributed by atoms with Crippen LogP contribution in [0.25, 0.3) is 10.4 Å². The monoisotopic (exact) mass is 367 g/mol. The van der Waals surface area contributed by atoms with Crippen LogP contribution in [0.2, 0.25) is 0 Å².